The Morgan fingerprint density at radius 3 is 2.35 bits per heavy atom. The van der Waals surface area contributed by atoms with Crippen molar-refractivity contribution >= 4 is 31.2 Å². The number of aromatic nitrogens is 2. The number of para-hydroxylation sites is 1. The molecule has 0 aliphatic carbocycles. The van der Waals surface area contributed by atoms with Crippen LogP contribution in [-0.4, -0.2) is 40.7 Å². The van der Waals surface area contributed by atoms with Crippen molar-refractivity contribution in [3.63, 3.8) is 0 Å². The van der Waals surface area contributed by atoms with Crippen LogP contribution >= 0.6 is 0 Å². The molecule has 2 heterocycles. The average molecular weight is 402 g/mol. The summed E-state index contributed by atoms with van der Waals surface area (Å²) in [6.45, 7) is 0. The van der Waals surface area contributed by atoms with Crippen LogP contribution in [0.1, 0.15) is 18.7 Å². The van der Waals surface area contributed by atoms with E-state index in [1.54, 1.807) is 12.1 Å². The highest BCUT2D eigenvalue weighted by Crippen LogP contribution is 2.27. The van der Waals surface area contributed by atoms with Crippen LogP contribution in [-0.2, 0) is 26.7 Å². The summed E-state index contributed by atoms with van der Waals surface area (Å²) >= 11 is 0. The molecule has 3 aromatic rings. The minimum absolute atomic E-state index is 0.0357. The van der Waals surface area contributed by atoms with Crippen LogP contribution < -0.4 is 0 Å². The maximum Gasteiger partial charge on any atom is 0.284 e. The number of hydrogen-bond acceptors (Lipinski definition) is 8. The van der Waals surface area contributed by atoms with Crippen LogP contribution in [0.5, 0.6) is 0 Å². The summed E-state index contributed by atoms with van der Waals surface area (Å²) in [6.07, 6.45) is -0.513. The van der Waals surface area contributed by atoms with Gasteiger partial charge < -0.3 is 8.83 Å². The number of aryl methyl sites for hydroxylation is 1. The third-order valence-corrected chi connectivity index (χ3v) is 6.86. The Kier molecular flexibility index (Phi) is 4.84. The Bertz CT molecular complexity index is 1070. The van der Waals surface area contributed by atoms with E-state index in [2.05, 4.69) is 10.2 Å². The Balaban J connectivity index is 1.69. The monoisotopic (exact) mass is 402 g/mol. The van der Waals surface area contributed by atoms with Gasteiger partial charge in [-0.1, -0.05) is 18.2 Å². The number of furan rings is 1. The van der Waals surface area contributed by atoms with Gasteiger partial charge in [-0.3, -0.25) is 9.11 Å². The second-order valence-electron chi connectivity index (χ2n) is 5.50. The highest BCUT2D eigenvalue weighted by atomic mass is 32.3. The SMILES string of the molecule is O=S(=O)(O)C(CCCc1nnc(-c2cc3ccccc3o2)o1)S(=O)(=O)O. The first-order valence-corrected chi connectivity index (χ1v) is 10.4. The predicted octanol–water partition coefficient (Wildman–Crippen LogP) is 1.91. The number of nitrogens with zero attached hydrogens (tertiary/aromatic N) is 2. The molecule has 0 radical (unpaired) electrons. The van der Waals surface area contributed by atoms with E-state index < -0.39 is 31.2 Å². The van der Waals surface area contributed by atoms with Crippen LogP contribution in [0.3, 0.4) is 0 Å². The molecular formula is C14H14N2O8S2. The fourth-order valence-corrected chi connectivity index (χ4v) is 4.57. The lowest BCUT2D eigenvalue weighted by molar-refractivity contribution is 0.442. The normalized spacial score (nSPS) is 12.9. The molecule has 0 bridgehead atoms. The van der Waals surface area contributed by atoms with Gasteiger partial charge in [0, 0.05) is 11.8 Å². The second-order valence-corrected chi connectivity index (χ2v) is 9.00. The number of hydrogen-bond donors (Lipinski definition) is 2. The molecule has 0 saturated carbocycles. The topological polar surface area (TPSA) is 161 Å². The molecule has 3 rings (SSSR count). The van der Waals surface area contributed by atoms with Crippen molar-refractivity contribution in [2.75, 3.05) is 0 Å². The first-order chi connectivity index (χ1) is 12.1. The van der Waals surface area contributed by atoms with Gasteiger partial charge in [0.25, 0.3) is 26.1 Å². The van der Waals surface area contributed by atoms with E-state index in [-0.39, 0.29) is 24.6 Å². The first kappa shape index (κ1) is 18.5. The summed E-state index contributed by atoms with van der Waals surface area (Å²) in [5.41, 5.74) is 0.645. The molecule has 0 atom stereocenters. The van der Waals surface area contributed by atoms with E-state index in [4.69, 9.17) is 17.9 Å². The third-order valence-electron chi connectivity index (χ3n) is 3.60. The van der Waals surface area contributed by atoms with Crippen LogP contribution in [0.15, 0.2) is 39.2 Å². The molecule has 26 heavy (non-hydrogen) atoms. The standard InChI is InChI=1S/C14H14N2O8S2/c17-25(18,19)13(26(20,21)22)7-3-6-12-15-16-14(24-12)11-8-9-4-1-2-5-10(9)23-11/h1-2,4-5,8,13H,3,6-7H2,(H,17,18,19)(H,20,21,22). The maximum absolute atomic E-state index is 11.0. The Labute approximate surface area is 148 Å². The summed E-state index contributed by atoms with van der Waals surface area (Å²) in [5, 5.41) is 8.47. The molecule has 0 amide bonds. The quantitative estimate of drug-likeness (QED) is 0.558. The largest absolute Gasteiger partial charge is 0.451 e. The van der Waals surface area contributed by atoms with Gasteiger partial charge in [0.15, 0.2) is 5.76 Å². The molecule has 0 fully saturated rings. The first-order valence-electron chi connectivity index (χ1n) is 7.38. The average Bonchev–Trinajstić information content (AvgIpc) is 3.15. The molecule has 2 aromatic heterocycles. The maximum atomic E-state index is 11.0. The van der Waals surface area contributed by atoms with E-state index in [1.165, 1.54) is 0 Å². The lowest BCUT2D eigenvalue weighted by Crippen LogP contribution is -2.29. The summed E-state index contributed by atoms with van der Waals surface area (Å²) in [5.74, 6) is 0.612. The summed E-state index contributed by atoms with van der Waals surface area (Å²) < 4.78 is 70.7. The van der Waals surface area contributed by atoms with E-state index >= 15 is 0 Å². The van der Waals surface area contributed by atoms with Crippen molar-refractivity contribution < 1.29 is 34.8 Å². The molecule has 0 saturated heterocycles. The molecular weight excluding hydrogens is 388 g/mol. The van der Waals surface area contributed by atoms with Gasteiger partial charge in [-0.05, 0) is 25.0 Å². The van der Waals surface area contributed by atoms with E-state index in [1.807, 2.05) is 18.2 Å². The van der Waals surface area contributed by atoms with E-state index in [9.17, 15) is 16.8 Å². The second kappa shape index (κ2) is 6.79. The van der Waals surface area contributed by atoms with Crippen LogP contribution in [0, 0.1) is 0 Å². The van der Waals surface area contributed by atoms with Crippen molar-refractivity contribution in [2.24, 2.45) is 0 Å². The van der Waals surface area contributed by atoms with Gasteiger partial charge in [-0.25, -0.2) is 0 Å². The zero-order valence-electron chi connectivity index (χ0n) is 13.1. The molecule has 140 valence electrons. The lowest BCUT2D eigenvalue weighted by Gasteiger charge is -2.09. The number of rotatable bonds is 7. The van der Waals surface area contributed by atoms with Gasteiger partial charge >= 0.3 is 0 Å². The number of fused-ring (bicyclic) bond motifs is 1. The minimum atomic E-state index is -4.95. The Morgan fingerprint density at radius 2 is 1.69 bits per heavy atom. The highest BCUT2D eigenvalue weighted by Gasteiger charge is 2.34. The fourth-order valence-electron chi connectivity index (χ4n) is 2.41. The van der Waals surface area contributed by atoms with Crippen molar-refractivity contribution in [3.8, 4) is 11.7 Å². The van der Waals surface area contributed by atoms with Crippen molar-refractivity contribution in [1.82, 2.24) is 10.2 Å². The molecule has 0 unspecified atom stereocenters. The van der Waals surface area contributed by atoms with E-state index in [0.717, 1.165) is 5.39 Å². The van der Waals surface area contributed by atoms with Gasteiger partial charge in [0.2, 0.25) is 10.5 Å². The highest BCUT2D eigenvalue weighted by molar-refractivity contribution is 8.03. The van der Waals surface area contributed by atoms with Crippen LogP contribution in [0.25, 0.3) is 22.6 Å². The zero-order valence-corrected chi connectivity index (χ0v) is 14.8. The summed E-state index contributed by atoms with van der Waals surface area (Å²) in [6, 6.07) is 9.02. The molecule has 0 aliphatic heterocycles. The molecule has 1 aromatic carbocycles. The Morgan fingerprint density at radius 1 is 1.00 bits per heavy atom. The van der Waals surface area contributed by atoms with Crippen molar-refractivity contribution in [3.05, 3.63) is 36.2 Å². The van der Waals surface area contributed by atoms with Gasteiger partial charge in [0.1, 0.15) is 5.58 Å². The smallest absolute Gasteiger partial charge is 0.284 e. The van der Waals surface area contributed by atoms with Crippen LogP contribution in [0.2, 0.25) is 0 Å². The molecule has 10 nitrogen and oxygen atoms in total. The van der Waals surface area contributed by atoms with Crippen molar-refractivity contribution in [1.29, 1.82) is 0 Å². The fraction of sp³-hybridized carbons (Fsp3) is 0.286. The molecule has 0 aliphatic rings. The molecule has 12 heteroatoms. The van der Waals surface area contributed by atoms with Crippen LogP contribution in [0.4, 0.5) is 0 Å². The van der Waals surface area contributed by atoms with Gasteiger partial charge in [-0.2, -0.15) is 16.8 Å². The summed E-state index contributed by atoms with van der Waals surface area (Å²) in [4.78, 5) is 0. The van der Waals surface area contributed by atoms with Gasteiger partial charge in [0.05, 0.1) is 0 Å². The van der Waals surface area contributed by atoms with E-state index in [0.29, 0.717) is 11.3 Å². The lowest BCUT2D eigenvalue weighted by atomic mass is 10.2. The summed E-state index contributed by atoms with van der Waals surface area (Å²) in [7, 11) is -9.90. The predicted molar refractivity (Wildman–Crippen MR) is 89.3 cm³/mol. The number of benzene rings is 1. The third kappa shape index (κ3) is 4.09. The molecule has 2 N–H and O–H groups in total. The Hall–Kier alpha value is -2.28. The van der Waals surface area contributed by atoms with Crippen molar-refractivity contribution in [2.45, 2.75) is 23.8 Å². The zero-order chi connectivity index (χ0) is 18.9. The van der Waals surface area contributed by atoms with Gasteiger partial charge in [-0.15, -0.1) is 10.2 Å². The minimum Gasteiger partial charge on any atom is -0.451 e. The molecule has 0 spiro atoms.